The molecule has 3 N–H and O–H groups in total. The van der Waals surface area contributed by atoms with Gasteiger partial charge in [-0.3, -0.25) is 9.59 Å². The number of amides is 2. The molecule has 2 amide bonds. The lowest BCUT2D eigenvalue weighted by atomic mass is 9.84. The molecule has 0 saturated heterocycles. The van der Waals surface area contributed by atoms with Crippen molar-refractivity contribution < 1.29 is 14.3 Å². The first-order valence-electron chi connectivity index (χ1n) is 8.29. The molecule has 0 fully saturated rings. The smallest absolute Gasteiger partial charge is 0.257 e. The van der Waals surface area contributed by atoms with Gasteiger partial charge in [-0.05, 0) is 63.6 Å². The molecule has 6 heteroatoms. The van der Waals surface area contributed by atoms with Crippen molar-refractivity contribution in [2.24, 2.45) is 5.73 Å². The molecule has 2 aromatic carbocycles. The van der Waals surface area contributed by atoms with Gasteiger partial charge in [0.05, 0.1) is 22.1 Å². The number of benzene rings is 2. The molecule has 0 heterocycles. The number of anilines is 1. The first-order chi connectivity index (χ1) is 12.1. The highest BCUT2D eigenvalue weighted by atomic mass is 35.5. The first kappa shape index (κ1) is 19.8. The van der Waals surface area contributed by atoms with Crippen molar-refractivity contribution in [3.63, 3.8) is 0 Å². The average Bonchev–Trinajstić information content (AvgIpc) is 2.54. The van der Waals surface area contributed by atoms with E-state index in [1.165, 1.54) is 0 Å². The van der Waals surface area contributed by atoms with Crippen LogP contribution in [0.4, 0.5) is 5.69 Å². The molecule has 0 radical (unpaired) electrons. The van der Waals surface area contributed by atoms with Crippen LogP contribution in [0.2, 0.25) is 5.02 Å². The summed E-state index contributed by atoms with van der Waals surface area (Å²) in [5.74, 6) is -0.127. The fourth-order valence-electron chi connectivity index (χ4n) is 2.34. The predicted octanol–water partition coefficient (Wildman–Crippen LogP) is 4.14. The minimum Gasteiger partial charge on any atom is -0.491 e. The number of halogens is 1. The Morgan fingerprint density at radius 1 is 1.12 bits per heavy atom. The minimum atomic E-state index is -0.780. The molecule has 5 nitrogen and oxygen atoms in total. The summed E-state index contributed by atoms with van der Waals surface area (Å²) in [6.07, 6.45) is 0.0221. The molecule has 0 unspecified atom stereocenters. The summed E-state index contributed by atoms with van der Waals surface area (Å²) in [5.41, 5.74) is 6.36. The zero-order chi connectivity index (χ0) is 19.5. The van der Waals surface area contributed by atoms with Crippen LogP contribution >= 0.6 is 11.6 Å². The van der Waals surface area contributed by atoms with Gasteiger partial charge in [0.15, 0.2) is 0 Å². The van der Waals surface area contributed by atoms with Crippen LogP contribution in [0.25, 0.3) is 0 Å². The van der Waals surface area contributed by atoms with Crippen LogP contribution in [-0.4, -0.2) is 17.9 Å². The molecule has 0 bridgehead atoms. The maximum Gasteiger partial charge on any atom is 0.257 e. The Morgan fingerprint density at radius 2 is 1.73 bits per heavy atom. The van der Waals surface area contributed by atoms with Gasteiger partial charge in [0.25, 0.3) is 5.91 Å². The summed E-state index contributed by atoms with van der Waals surface area (Å²) in [7, 11) is 0. The molecule has 0 aromatic heterocycles. The molecule has 0 saturated carbocycles. The minimum absolute atomic E-state index is 0.0221. The summed E-state index contributed by atoms with van der Waals surface area (Å²) >= 11 is 6.20. The molecule has 0 atom stereocenters. The van der Waals surface area contributed by atoms with Gasteiger partial charge in [0.1, 0.15) is 5.75 Å². The van der Waals surface area contributed by atoms with Gasteiger partial charge < -0.3 is 15.8 Å². The Kier molecular flexibility index (Phi) is 5.93. The van der Waals surface area contributed by atoms with Crippen molar-refractivity contribution in [3.8, 4) is 5.75 Å². The highest BCUT2D eigenvalue weighted by Crippen LogP contribution is 2.26. The second-order valence-electron chi connectivity index (χ2n) is 6.83. The topological polar surface area (TPSA) is 81.4 Å². The third-order valence-corrected chi connectivity index (χ3v) is 4.35. The Labute approximate surface area is 158 Å². The Morgan fingerprint density at radius 3 is 2.23 bits per heavy atom. The number of ether oxygens (including phenoxy) is 1. The van der Waals surface area contributed by atoms with E-state index in [0.29, 0.717) is 22.0 Å². The fourth-order valence-corrected chi connectivity index (χ4v) is 2.59. The van der Waals surface area contributed by atoms with Crippen LogP contribution in [0.15, 0.2) is 42.5 Å². The maximum atomic E-state index is 12.4. The second-order valence-corrected chi connectivity index (χ2v) is 7.24. The van der Waals surface area contributed by atoms with Crippen molar-refractivity contribution in [1.82, 2.24) is 0 Å². The zero-order valence-corrected chi connectivity index (χ0v) is 16.1. The van der Waals surface area contributed by atoms with E-state index in [2.05, 4.69) is 5.32 Å². The molecule has 2 rings (SSSR count). The first-order valence-corrected chi connectivity index (χ1v) is 8.67. The van der Waals surface area contributed by atoms with Crippen LogP contribution in [0.5, 0.6) is 5.75 Å². The average molecular weight is 375 g/mol. The van der Waals surface area contributed by atoms with Crippen molar-refractivity contribution in [1.29, 1.82) is 0 Å². The number of carbonyl (C=O) groups is 2. The number of hydrogen-bond donors (Lipinski definition) is 2. The van der Waals surface area contributed by atoms with Gasteiger partial charge in [-0.15, -0.1) is 0 Å². The Bertz CT molecular complexity index is 814. The van der Waals surface area contributed by atoms with Crippen LogP contribution in [0.1, 0.15) is 43.6 Å². The predicted molar refractivity (Wildman–Crippen MR) is 104 cm³/mol. The third kappa shape index (κ3) is 4.55. The highest BCUT2D eigenvalue weighted by Gasteiger charge is 2.27. The van der Waals surface area contributed by atoms with Gasteiger partial charge in [0, 0.05) is 5.69 Å². The molecular formula is C20H23ClN2O3. The molecule has 0 aliphatic heterocycles. The monoisotopic (exact) mass is 374 g/mol. The molecule has 26 heavy (non-hydrogen) atoms. The molecule has 0 aliphatic rings. The highest BCUT2D eigenvalue weighted by molar-refractivity contribution is 6.34. The van der Waals surface area contributed by atoms with E-state index in [1.807, 2.05) is 13.8 Å². The quantitative estimate of drug-likeness (QED) is 0.797. The lowest BCUT2D eigenvalue weighted by Crippen LogP contribution is -2.35. The maximum absolute atomic E-state index is 12.4. The zero-order valence-electron chi connectivity index (χ0n) is 15.3. The van der Waals surface area contributed by atoms with Crippen LogP contribution in [-0.2, 0) is 10.2 Å². The van der Waals surface area contributed by atoms with Crippen molar-refractivity contribution in [2.75, 3.05) is 5.32 Å². The summed E-state index contributed by atoms with van der Waals surface area (Å²) < 4.78 is 5.56. The molecule has 138 valence electrons. The van der Waals surface area contributed by atoms with Crippen LogP contribution in [0, 0.1) is 0 Å². The summed E-state index contributed by atoms with van der Waals surface area (Å²) in [5, 5.41) is 3.10. The lowest BCUT2D eigenvalue weighted by Gasteiger charge is -2.21. The van der Waals surface area contributed by atoms with Crippen LogP contribution in [0.3, 0.4) is 0 Å². The SMILES string of the molecule is CC(C)Oc1ccc(C(=O)Nc2ccc(C(C)(C)C(N)=O)cc2)c(Cl)c1. The van der Waals surface area contributed by atoms with Crippen molar-refractivity contribution >= 4 is 29.1 Å². The number of primary amides is 1. The third-order valence-electron chi connectivity index (χ3n) is 4.04. The molecule has 0 spiro atoms. The second kappa shape index (κ2) is 7.79. The van der Waals surface area contributed by atoms with Gasteiger partial charge in [-0.1, -0.05) is 23.7 Å². The van der Waals surface area contributed by atoms with E-state index in [1.54, 1.807) is 56.3 Å². The number of carbonyl (C=O) groups excluding carboxylic acids is 2. The normalized spacial score (nSPS) is 11.3. The fraction of sp³-hybridized carbons (Fsp3) is 0.300. The number of hydrogen-bond acceptors (Lipinski definition) is 3. The molecule has 0 aliphatic carbocycles. The summed E-state index contributed by atoms with van der Waals surface area (Å²) in [6, 6.07) is 11.9. The largest absolute Gasteiger partial charge is 0.491 e. The number of nitrogens with two attached hydrogens (primary N) is 1. The van der Waals surface area contributed by atoms with E-state index in [0.717, 1.165) is 5.56 Å². The molecular weight excluding hydrogens is 352 g/mol. The van der Waals surface area contributed by atoms with Gasteiger partial charge in [0.2, 0.25) is 5.91 Å². The van der Waals surface area contributed by atoms with Crippen molar-refractivity contribution in [2.45, 2.75) is 39.2 Å². The summed E-state index contributed by atoms with van der Waals surface area (Å²) in [6.45, 7) is 7.34. The van der Waals surface area contributed by atoms with E-state index in [-0.39, 0.29) is 12.0 Å². The van der Waals surface area contributed by atoms with Gasteiger partial charge >= 0.3 is 0 Å². The Balaban J connectivity index is 2.14. The Hall–Kier alpha value is -2.53. The molecule has 2 aromatic rings. The van der Waals surface area contributed by atoms with Gasteiger partial charge in [-0.2, -0.15) is 0 Å². The lowest BCUT2D eigenvalue weighted by molar-refractivity contribution is -0.122. The summed E-state index contributed by atoms with van der Waals surface area (Å²) in [4.78, 5) is 24.0. The number of nitrogens with one attached hydrogen (secondary N) is 1. The van der Waals surface area contributed by atoms with E-state index >= 15 is 0 Å². The van der Waals surface area contributed by atoms with Gasteiger partial charge in [-0.25, -0.2) is 0 Å². The van der Waals surface area contributed by atoms with E-state index < -0.39 is 11.3 Å². The van der Waals surface area contributed by atoms with Crippen molar-refractivity contribution in [3.05, 3.63) is 58.6 Å². The van der Waals surface area contributed by atoms with E-state index in [9.17, 15) is 9.59 Å². The number of rotatable bonds is 6. The standard InChI is InChI=1S/C20H23ClN2O3/c1-12(2)26-15-9-10-16(17(21)11-15)18(24)23-14-7-5-13(6-8-14)20(3,4)19(22)25/h5-12H,1-4H3,(H2,22,25)(H,23,24). The van der Waals surface area contributed by atoms with E-state index in [4.69, 9.17) is 22.1 Å². The van der Waals surface area contributed by atoms with Crippen LogP contribution < -0.4 is 15.8 Å².